The van der Waals surface area contributed by atoms with Crippen molar-refractivity contribution in [1.82, 2.24) is 30.6 Å². The molecular formula is C23H20N6O2. The van der Waals surface area contributed by atoms with Gasteiger partial charge in [0.2, 0.25) is 11.7 Å². The summed E-state index contributed by atoms with van der Waals surface area (Å²) in [5.74, 6) is -0.431. The van der Waals surface area contributed by atoms with Gasteiger partial charge in [-0.25, -0.2) is 9.67 Å². The Morgan fingerprint density at radius 2 is 1.61 bits per heavy atom. The van der Waals surface area contributed by atoms with Crippen LogP contribution in [0.5, 0.6) is 0 Å². The summed E-state index contributed by atoms with van der Waals surface area (Å²) >= 11 is 0. The molecule has 0 atom stereocenters. The average Bonchev–Trinajstić information content (AvgIpc) is 3.29. The third-order valence-corrected chi connectivity index (χ3v) is 4.52. The minimum absolute atomic E-state index is 0.0461. The van der Waals surface area contributed by atoms with E-state index in [1.165, 1.54) is 0 Å². The molecule has 4 rings (SSSR count). The van der Waals surface area contributed by atoms with Gasteiger partial charge < -0.3 is 0 Å². The highest BCUT2D eigenvalue weighted by molar-refractivity contribution is 5.92. The fourth-order valence-electron chi connectivity index (χ4n) is 2.98. The number of carbonyl (C=O) groups is 2. The number of nitrogens with one attached hydrogen (secondary N) is 2. The Morgan fingerprint density at radius 1 is 0.871 bits per heavy atom. The van der Waals surface area contributed by atoms with Crippen molar-refractivity contribution in [2.24, 2.45) is 0 Å². The van der Waals surface area contributed by atoms with E-state index in [-0.39, 0.29) is 18.2 Å². The van der Waals surface area contributed by atoms with E-state index in [9.17, 15) is 9.59 Å². The molecule has 0 aliphatic carbocycles. The van der Waals surface area contributed by atoms with Gasteiger partial charge >= 0.3 is 5.91 Å². The highest BCUT2D eigenvalue weighted by atomic mass is 16.2. The van der Waals surface area contributed by atoms with Crippen molar-refractivity contribution < 1.29 is 9.59 Å². The summed E-state index contributed by atoms with van der Waals surface area (Å²) < 4.78 is 1.61. The van der Waals surface area contributed by atoms with Gasteiger partial charge in [0, 0.05) is 24.4 Å². The SMILES string of the molecule is O=C(CCc1cccnc1)NNC(=O)c1nc(-c2ccccc2)n(-c2ccccc2)n1. The summed E-state index contributed by atoms with van der Waals surface area (Å²) in [5, 5.41) is 4.36. The number of rotatable bonds is 6. The largest absolute Gasteiger partial charge is 0.309 e. The molecule has 0 radical (unpaired) electrons. The Balaban J connectivity index is 1.47. The molecule has 0 saturated carbocycles. The van der Waals surface area contributed by atoms with E-state index < -0.39 is 5.91 Å². The second-order valence-electron chi connectivity index (χ2n) is 6.74. The number of para-hydroxylation sites is 1. The van der Waals surface area contributed by atoms with Gasteiger partial charge in [-0.05, 0) is 30.2 Å². The van der Waals surface area contributed by atoms with E-state index in [0.29, 0.717) is 12.2 Å². The van der Waals surface area contributed by atoms with Gasteiger partial charge in [0.25, 0.3) is 0 Å². The van der Waals surface area contributed by atoms with E-state index >= 15 is 0 Å². The van der Waals surface area contributed by atoms with Gasteiger partial charge in [0.05, 0.1) is 5.69 Å². The zero-order chi connectivity index (χ0) is 21.5. The maximum atomic E-state index is 12.6. The predicted molar refractivity (Wildman–Crippen MR) is 115 cm³/mol. The molecule has 0 saturated heterocycles. The second-order valence-corrected chi connectivity index (χ2v) is 6.74. The Labute approximate surface area is 179 Å². The van der Waals surface area contributed by atoms with Gasteiger partial charge in [-0.1, -0.05) is 54.6 Å². The molecule has 8 heteroatoms. The summed E-state index contributed by atoms with van der Waals surface area (Å²) in [6.07, 6.45) is 4.12. The first-order chi connectivity index (χ1) is 15.2. The molecule has 2 amide bonds. The summed E-state index contributed by atoms with van der Waals surface area (Å²) in [7, 11) is 0. The molecule has 0 aliphatic heterocycles. The van der Waals surface area contributed by atoms with E-state index in [4.69, 9.17) is 0 Å². The van der Waals surface area contributed by atoms with Crippen LogP contribution >= 0.6 is 0 Å². The first kappa shape index (κ1) is 20.0. The topological polar surface area (TPSA) is 102 Å². The van der Waals surface area contributed by atoms with Crippen molar-refractivity contribution in [3.63, 3.8) is 0 Å². The highest BCUT2D eigenvalue weighted by Gasteiger charge is 2.19. The summed E-state index contributed by atoms with van der Waals surface area (Å²) in [4.78, 5) is 33.1. The number of carbonyl (C=O) groups excluding carboxylic acids is 2. The number of amides is 2. The predicted octanol–water partition coefficient (Wildman–Crippen LogP) is 2.72. The molecule has 4 aromatic rings. The summed E-state index contributed by atoms with van der Waals surface area (Å²) in [6, 6.07) is 22.6. The van der Waals surface area contributed by atoms with E-state index in [1.807, 2.05) is 72.8 Å². The van der Waals surface area contributed by atoms with E-state index in [2.05, 4.69) is 25.9 Å². The van der Waals surface area contributed by atoms with Crippen LogP contribution < -0.4 is 10.9 Å². The van der Waals surface area contributed by atoms with Crippen LogP contribution in [0.4, 0.5) is 0 Å². The average molecular weight is 412 g/mol. The lowest BCUT2D eigenvalue weighted by Crippen LogP contribution is -2.42. The quantitative estimate of drug-likeness (QED) is 0.474. The zero-order valence-corrected chi connectivity index (χ0v) is 16.6. The third-order valence-electron chi connectivity index (χ3n) is 4.52. The smallest absolute Gasteiger partial charge is 0.273 e. The Kier molecular flexibility index (Phi) is 6.08. The van der Waals surface area contributed by atoms with Crippen LogP contribution in [-0.4, -0.2) is 31.6 Å². The molecule has 8 nitrogen and oxygen atoms in total. The maximum Gasteiger partial charge on any atom is 0.309 e. The minimum atomic E-state index is -0.596. The van der Waals surface area contributed by atoms with Crippen LogP contribution in [0.2, 0.25) is 0 Å². The van der Waals surface area contributed by atoms with Crippen molar-refractivity contribution in [3.05, 3.63) is 96.6 Å². The van der Waals surface area contributed by atoms with Gasteiger partial charge in [-0.15, -0.1) is 5.10 Å². The molecule has 0 spiro atoms. The van der Waals surface area contributed by atoms with Gasteiger partial charge in [-0.3, -0.25) is 25.4 Å². The highest BCUT2D eigenvalue weighted by Crippen LogP contribution is 2.20. The fourth-order valence-corrected chi connectivity index (χ4v) is 2.98. The van der Waals surface area contributed by atoms with Gasteiger partial charge in [0.1, 0.15) is 0 Å². The summed E-state index contributed by atoms with van der Waals surface area (Å²) in [6.45, 7) is 0. The summed E-state index contributed by atoms with van der Waals surface area (Å²) in [5.41, 5.74) is 7.33. The first-order valence-corrected chi connectivity index (χ1v) is 9.77. The van der Waals surface area contributed by atoms with Crippen molar-refractivity contribution in [3.8, 4) is 17.1 Å². The molecule has 0 bridgehead atoms. The number of hydrogen-bond acceptors (Lipinski definition) is 5. The number of aromatic nitrogens is 4. The first-order valence-electron chi connectivity index (χ1n) is 9.77. The van der Waals surface area contributed by atoms with Crippen LogP contribution in [-0.2, 0) is 11.2 Å². The second kappa shape index (κ2) is 9.45. The molecule has 2 aromatic carbocycles. The molecule has 0 aliphatic rings. The van der Waals surface area contributed by atoms with E-state index in [1.54, 1.807) is 17.1 Å². The van der Waals surface area contributed by atoms with Gasteiger partial charge in [0.15, 0.2) is 5.82 Å². The van der Waals surface area contributed by atoms with Crippen LogP contribution in [0.25, 0.3) is 17.1 Å². The molecule has 0 unspecified atom stereocenters. The molecule has 31 heavy (non-hydrogen) atoms. The van der Waals surface area contributed by atoms with Crippen LogP contribution in [0.3, 0.4) is 0 Å². The number of hydrogen-bond donors (Lipinski definition) is 2. The number of aryl methyl sites for hydroxylation is 1. The maximum absolute atomic E-state index is 12.6. The van der Waals surface area contributed by atoms with Crippen LogP contribution in [0, 0.1) is 0 Å². The Hall–Kier alpha value is -4.33. The van der Waals surface area contributed by atoms with E-state index in [0.717, 1.165) is 16.8 Å². The molecule has 0 fully saturated rings. The molecule has 2 N–H and O–H groups in total. The van der Waals surface area contributed by atoms with Crippen LogP contribution in [0.15, 0.2) is 85.2 Å². The zero-order valence-electron chi connectivity index (χ0n) is 16.6. The molecule has 2 heterocycles. The molecule has 2 aromatic heterocycles. The Morgan fingerprint density at radius 3 is 2.32 bits per heavy atom. The number of nitrogens with zero attached hydrogens (tertiary/aromatic N) is 4. The van der Waals surface area contributed by atoms with Crippen LogP contribution in [0.1, 0.15) is 22.6 Å². The number of hydrazine groups is 1. The lowest BCUT2D eigenvalue weighted by Gasteiger charge is -2.05. The van der Waals surface area contributed by atoms with Crippen molar-refractivity contribution >= 4 is 11.8 Å². The van der Waals surface area contributed by atoms with Crippen molar-refractivity contribution in [2.75, 3.05) is 0 Å². The normalized spacial score (nSPS) is 10.5. The van der Waals surface area contributed by atoms with Gasteiger partial charge in [-0.2, -0.15) is 0 Å². The molecule has 154 valence electrons. The third kappa shape index (κ3) is 4.99. The standard InChI is InChI=1S/C23H20N6O2/c30-20(14-13-17-8-7-15-24-16-17)26-27-23(31)21-25-22(18-9-3-1-4-10-18)29(28-21)19-11-5-2-6-12-19/h1-12,15-16H,13-14H2,(H,26,30)(H,27,31). The number of pyridine rings is 1. The monoisotopic (exact) mass is 412 g/mol. The minimum Gasteiger partial charge on any atom is -0.273 e. The van der Waals surface area contributed by atoms with Crippen molar-refractivity contribution in [1.29, 1.82) is 0 Å². The number of benzene rings is 2. The molecular weight excluding hydrogens is 392 g/mol. The lowest BCUT2D eigenvalue weighted by atomic mass is 10.1. The lowest BCUT2D eigenvalue weighted by molar-refractivity contribution is -0.121. The fraction of sp³-hybridized carbons (Fsp3) is 0.0870. The Bertz CT molecular complexity index is 1100. The van der Waals surface area contributed by atoms with Crippen molar-refractivity contribution in [2.45, 2.75) is 12.8 Å².